The molecule has 2 rings (SSSR count). The first kappa shape index (κ1) is 15.5. The summed E-state index contributed by atoms with van der Waals surface area (Å²) in [6.07, 6.45) is 0. The topological polar surface area (TPSA) is 66.4 Å². The van der Waals surface area contributed by atoms with E-state index >= 15 is 0 Å². The van der Waals surface area contributed by atoms with Crippen molar-refractivity contribution in [2.24, 2.45) is 0 Å². The predicted molar refractivity (Wildman–Crippen MR) is 83.4 cm³/mol. The van der Waals surface area contributed by atoms with Gasteiger partial charge < -0.3 is 10.4 Å². The Labute approximate surface area is 134 Å². The van der Waals surface area contributed by atoms with Crippen LogP contribution in [0.3, 0.4) is 0 Å². The Morgan fingerprint density at radius 3 is 2.38 bits per heavy atom. The third kappa shape index (κ3) is 4.06. The fourth-order valence-corrected chi connectivity index (χ4v) is 2.69. The smallest absolute Gasteiger partial charge is 0.330 e. The number of halogens is 2. The van der Waals surface area contributed by atoms with Gasteiger partial charge >= 0.3 is 5.97 Å². The molecule has 0 aromatic heterocycles. The minimum atomic E-state index is -1.13. The number of carbonyl (C=O) groups excluding carboxylic acids is 1. The van der Waals surface area contributed by atoms with Gasteiger partial charge in [-0.05, 0) is 23.8 Å². The lowest BCUT2D eigenvalue weighted by Crippen LogP contribution is -2.33. The van der Waals surface area contributed by atoms with E-state index in [-0.39, 0.29) is 5.56 Å². The second-order valence-electron chi connectivity index (χ2n) is 4.31. The van der Waals surface area contributed by atoms with Crippen molar-refractivity contribution in [1.29, 1.82) is 0 Å². The van der Waals surface area contributed by atoms with Gasteiger partial charge in [0.15, 0.2) is 6.04 Å². The SMILES string of the molecule is O=C(N[C@H](C(=O)O)c1ccccc1)c1cc(Cl)cc(Br)c1. The average molecular weight is 369 g/mol. The second-order valence-corrected chi connectivity index (χ2v) is 5.67. The molecule has 0 aliphatic carbocycles. The van der Waals surface area contributed by atoms with Crippen molar-refractivity contribution in [3.8, 4) is 0 Å². The Morgan fingerprint density at radius 1 is 1.14 bits per heavy atom. The van der Waals surface area contributed by atoms with Gasteiger partial charge in [-0.3, -0.25) is 4.79 Å². The van der Waals surface area contributed by atoms with E-state index in [2.05, 4.69) is 21.2 Å². The number of carboxylic acids is 1. The number of aliphatic carboxylic acids is 1. The summed E-state index contributed by atoms with van der Waals surface area (Å²) in [5, 5.41) is 12.2. The van der Waals surface area contributed by atoms with Crippen molar-refractivity contribution in [3.63, 3.8) is 0 Å². The second kappa shape index (κ2) is 6.74. The summed E-state index contributed by atoms with van der Waals surface area (Å²) in [6.45, 7) is 0. The average Bonchev–Trinajstić information content (AvgIpc) is 2.44. The quantitative estimate of drug-likeness (QED) is 0.865. The molecule has 0 spiro atoms. The maximum absolute atomic E-state index is 12.2. The van der Waals surface area contributed by atoms with Gasteiger partial charge in [-0.2, -0.15) is 0 Å². The Morgan fingerprint density at radius 2 is 1.81 bits per heavy atom. The van der Waals surface area contributed by atoms with E-state index in [1.165, 1.54) is 6.07 Å². The van der Waals surface area contributed by atoms with Gasteiger partial charge in [-0.1, -0.05) is 57.9 Å². The summed E-state index contributed by atoms with van der Waals surface area (Å²) < 4.78 is 0.645. The summed E-state index contributed by atoms with van der Waals surface area (Å²) >= 11 is 9.12. The van der Waals surface area contributed by atoms with Crippen LogP contribution in [0.25, 0.3) is 0 Å². The molecule has 2 aromatic rings. The van der Waals surface area contributed by atoms with Crippen molar-refractivity contribution in [3.05, 3.63) is 69.2 Å². The molecule has 6 heteroatoms. The molecule has 21 heavy (non-hydrogen) atoms. The van der Waals surface area contributed by atoms with Crippen LogP contribution >= 0.6 is 27.5 Å². The van der Waals surface area contributed by atoms with E-state index in [0.717, 1.165) is 0 Å². The largest absolute Gasteiger partial charge is 0.479 e. The van der Waals surface area contributed by atoms with Gasteiger partial charge in [0.05, 0.1) is 0 Å². The monoisotopic (exact) mass is 367 g/mol. The minimum absolute atomic E-state index is 0.288. The zero-order chi connectivity index (χ0) is 15.4. The van der Waals surface area contributed by atoms with Crippen LogP contribution in [0.4, 0.5) is 0 Å². The molecule has 0 saturated heterocycles. The highest BCUT2D eigenvalue weighted by Gasteiger charge is 2.22. The lowest BCUT2D eigenvalue weighted by Gasteiger charge is -2.15. The summed E-state index contributed by atoms with van der Waals surface area (Å²) in [6, 6.07) is 12.1. The maximum atomic E-state index is 12.2. The molecule has 0 aliphatic heterocycles. The minimum Gasteiger partial charge on any atom is -0.479 e. The Hall–Kier alpha value is -1.85. The fraction of sp³-hybridized carbons (Fsp3) is 0.0667. The van der Waals surface area contributed by atoms with Gasteiger partial charge in [0, 0.05) is 15.1 Å². The van der Waals surface area contributed by atoms with Crippen LogP contribution in [0.15, 0.2) is 53.0 Å². The van der Waals surface area contributed by atoms with Crippen molar-refractivity contribution in [2.45, 2.75) is 6.04 Å². The third-order valence-electron chi connectivity index (χ3n) is 2.78. The molecule has 2 aromatic carbocycles. The molecule has 0 saturated carbocycles. The molecule has 4 nitrogen and oxygen atoms in total. The molecular formula is C15H11BrClNO3. The summed E-state index contributed by atoms with van der Waals surface area (Å²) in [5.41, 5.74) is 0.788. The molecular weight excluding hydrogens is 358 g/mol. The molecule has 1 amide bonds. The number of carbonyl (C=O) groups is 2. The first-order valence-corrected chi connectivity index (χ1v) is 7.19. The van der Waals surface area contributed by atoms with Gasteiger partial charge in [-0.25, -0.2) is 4.79 Å². The van der Waals surface area contributed by atoms with E-state index in [1.807, 2.05) is 0 Å². The molecule has 108 valence electrons. The van der Waals surface area contributed by atoms with Gasteiger partial charge in [0.2, 0.25) is 0 Å². The molecule has 0 aliphatic rings. The molecule has 2 N–H and O–H groups in total. The highest BCUT2D eigenvalue weighted by molar-refractivity contribution is 9.10. The predicted octanol–water partition coefficient (Wildman–Crippen LogP) is 3.66. The number of benzene rings is 2. The van der Waals surface area contributed by atoms with Gasteiger partial charge in [0.25, 0.3) is 5.91 Å². The van der Waals surface area contributed by atoms with E-state index in [4.69, 9.17) is 11.6 Å². The number of hydrogen-bond donors (Lipinski definition) is 2. The maximum Gasteiger partial charge on any atom is 0.330 e. The standard InChI is InChI=1S/C15H11BrClNO3/c16-11-6-10(7-12(17)8-11)14(19)18-13(15(20)21)9-4-2-1-3-5-9/h1-8,13H,(H,18,19)(H,20,21)/t13-/m0/s1. The van der Waals surface area contributed by atoms with E-state index in [1.54, 1.807) is 42.5 Å². The number of hydrogen-bond acceptors (Lipinski definition) is 2. The van der Waals surface area contributed by atoms with E-state index in [0.29, 0.717) is 15.1 Å². The Bertz CT molecular complexity index is 656. The number of amides is 1. The number of carboxylic acid groups (broad SMARTS) is 1. The van der Waals surface area contributed by atoms with Crippen LogP contribution in [0.1, 0.15) is 22.0 Å². The molecule has 0 bridgehead atoms. The summed E-state index contributed by atoms with van der Waals surface area (Å²) in [4.78, 5) is 23.5. The van der Waals surface area contributed by atoms with Crippen LogP contribution < -0.4 is 5.32 Å². The molecule has 1 atom stereocenters. The van der Waals surface area contributed by atoms with Crippen molar-refractivity contribution in [1.82, 2.24) is 5.32 Å². The lowest BCUT2D eigenvalue weighted by molar-refractivity contribution is -0.139. The third-order valence-corrected chi connectivity index (χ3v) is 3.46. The van der Waals surface area contributed by atoms with Crippen LogP contribution in [-0.4, -0.2) is 17.0 Å². The number of nitrogens with one attached hydrogen (secondary N) is 1. The Kier molecular flexibility index (Phi) is 4.98. The van der Waals surface area contributed by atoms with Crippen molar-refractivity contribution in [2.75, 3.05) is 0 Å². The van der Waals surface area contributed by atoms with Gasteiger partial charge in [-0.15, -0.1) is 0 Å². The van der Waals surface area contributed by atoms with Crippen LogP contribution in [0.5, 0.6) is 0 Å². The zero-order valence-electron chi connectivity index (χ0n) is 10.7. The zero-order valence-corrected chi connectivity index (χ0v) is 13.1. The molecule has 0 radical (unpaired) electrons. The van der Waals surface area contributed by atoms with Crippen LogP contribution in [0, 0.1) is 0 Å². The Balaban J connectivity index is 2.25. The highest BCUT2D eigenvalue weighted by atomic mass is 79.9. The molecule has 0 fully saturated rings. The van der Waals surface area contributed by atoms with E-state index < -0.39 is 17.9 Å². The first-order valence-electron chi connectivity index (χ1n) is 6.02. The fourth-order valence-electron chi connectivity index (χ4n) is 1.83. The lowest BCUT2D eigenvalue weighted by atomic mass is 10.1. The van der Waals surface area contributed by atoms with Gasteiger partial charge in [0.1, 0.15) is 0 Å². The van der Waals surface area contributed by atoms with Crippen LogP contribution in [-0.2, 0) is 4.79 Å². The highest BCUT2D eigenvalue weighted by Crippen LogP contribution is 2.20. The number of rotatable bonds is 4. The van der Waals surface area contributed by atoms with Crippen molar-refractivity contribution >= 4 is 39.4 Å². The normalized spacial score (nSPS) is 11.7. The van der Waals surface area contributed by atoms with Crippen molar-refractivity contribution < 1.29 is 14.7 Å². The molecule has 0 heterocycles. The molecule has 0 unspecified atom stereocenters. The van der Waals surface area contributed by atoms with E-state index in [9.17, 15) is 14.7 Å². The summed E-state index contributed by atoms with van der Waals surface area (Å²) in [5.74, 6) is -1.63. The first-order chi connectivity index (χ1) is 9.97. The van der Waals surface area contributed by atoms with Crippen LogP contribution in [0.2, 0.25) is 5.02 Å². The summed E-state index contributed by atoms with van der Waals surface area (Å²) in [7, 11) is 0.